The van der Waals surface area contributed by atoms with Crippen LogP contribution in [0.3, 0.4) is 0 Å². The summed E-state index contributed by atoms with van der Waals surface area (Å²) >= 11 is 0. The Morgan fingerprint density at radius 3 is 1.89 bits per heavy atom. The number of nitrogens with zero attached hydrogens (tertiary/aromatic N) is 3. The van der Waals surface area contributed by atoms with Gasteiger partial charge in [0.15, 0.2) is 0 Å². The zero-order valence-corrected chi connectivity index (χ0v) is 34.0. The van der Waals surface area contributed by atoms with Crippen molar-refractivity contribution in [2.75, 3.05) is 0 Å². The Balaban J connectivity index is 1.23. The molecule has 0 aliphatic rings. The highest BCUT2D eigenvalue weighted by molar-refractivity contribution is 5.98. The largest absolute Gasteiger partial charge is 0.507 e. The molecule has 61 heavy (non-hydrogen) atoms. The van der Waals surface area contributed by atoms with Crippen LogP contribution >= 0.6 is 0 Å². The predicted molar refractivity (Wildman–Crippen MR) is 255 cm³/mol. The molecule has 0 aliphatic heterocycles. The second-order valence-corrected chi connectivity index (χ2v) is 16.4. The Bertz CT molecular complexity index is 3460. The van der Waals surface area contributed by atoms with E-state index < -0.39 is 32.8 Å². The summed E-state index contributed by atoms with van der Waals surface area (Å²) in [6, 6.07) is 51.3. The minimum absolute atomic E-state index is 0.0101. The van der Waals surface area contributed by atoms with Gasteiger partial charge in [-0.25, -0.2) is 4.98 Å². The van der Waals surface area contributed by atoms with Crippen molar-refractivity contribution in [2.24, 2.45) is 0 Å². The fraction of sp³-hybridized carbons (Fsp3) is 0.158. The maximum absolute atomic E-state index is 11.5. The molecular formula is C57H51N3O. The topological polar surface area (TPSA) is 50.9 Å². The zero-order chi connectivity index (χ0) is 52.5. The zero-order valence-electron chi connectivity index (χ0n) is 46.0. The molecule has 0 saturated carbocycles. The number of phenols is 1. The van der Waals surface area contributed by atoms with Gasteiger partial charge in [0.2, 0.25) is 0 Å². The van der Waals surface area contributed by atoms with Gasteiger partial charge in [-0.2, -0.15) is 0 Å². The van der Waals surface area contributed by atoms with E-state index in [1.54, 1.807) is 48.7 Å². The molecule has 0 unspecified atom stereocenters. The predicted octanol–water partition coefficient (Wildman–Crippen LogP) is 15.0. The van der Waals surface area contributed by atoms with Crippen LogP contribution in [0.25, 0.3) is 83.9 Å². The maximum Gasteiger partial charge on any atom is 0.149 e. The van der Waals surface area contributed by atoms with Crippen molar-refractivity contribution < 1.29 is 21.6 Å². The number of para-hydroxylation sites is 2. The van der Waals surface area contributed by atoms with Crippen molar-refractivity contribution in [3.63, 3.8) is 0 Å². The first-order valence-corrected chi connectivity index (χ1v) is 20.1. The molecule has 0 spiro atoms. The highest BCUT2D eigenvalue weighted by Crippen LogP contribution is 2.42. The number of aryl methyl sites for hydroxylation is 1. The van der Waals surface area contributed by atoms with Crippen LogP contribution in [-0.4, -0.2) is 19.6 Å². The standard InChI is InChI=1S/C57H51N3O/c1-37-20-29-51(49(32-37)40-23-27-46(28-24-40)57(5,6)7)60-52-18-13-17-47(54(52)59-55(60)48-16-11-12-19-53(48)61)43-33-42(38-14-9-8-10-15-38)34-44(35-43)50-36-41(30-31-58-50)39-21-25-45(26-22-39)56(2,3)4/h8-36,61H,1-7H3/i1D3,2D3,3D3,4D3. The summed E-state index contributed by atoms with van der Waals surface area (Å²) in [4.78, 5) is 10.1. The Morgan fingerprint density at radius 2 is 1.16 bits per heavy atom. The number of aromatic hydroxyl groups is 1. The van der Waals surface area contributed by atoms with E-state index in [-0.39, 0.29) is 22.3 Å². The highest BCUT2D eigenvalue weighted by atomic mass is 16.3. The van der Waals surface area contributed by atoms with Crippen LogP contribution in [0.1, 0.15) is 74.5 Å². The van der Waals surface area contributed by atoms with Gasteiger partial charge in [0.1, 0.15) is 11.6 Å². The Kier molecular flexibility index (Phi) is 7.04. The molecular weight excluding hydrogens is 743 g/mol. The van der Waals surface area contributed by atoms with Gasteiger partial charge in [-0.3, -0.25) is 9.55 Å². The number of hydrogen-bond acceptors (Lipinski definition) is 3. The smallest absolute Gasteiger partial charge is 0.149 e. The normalized spacial score (nSPS) is 15.7. The minimum atomic E-state index is -3.39. The van der Waals surface area contributed by atoms with E-state index in [0.717, 1.165) is 38.9 Å². The molecule has 4 heteroatoms. The quantitative estimate of drug-likeness (QED) is 0.175. The second kappa shape index (κ2) is 15.5. The summed E-state index contributed by atoms with van der Waals surface area (Å²) < 4.78 is 101. The van der Waals surface area contributed by atoms with Gasteiger partial charge < -0.3 is 5.11 Å². The minimum Gasteiger partial charge on any atom is -0.507 e. The van der Waals surface area contributed by atoms with Crippen molar-refractivity contribution in [3.05, 3.63) is 193 Å². The van der Waals surface area contributed by atoms with Crippen LogP contribution in [0.5, 0.6) is 5.75 Å². The summed E-state index contributed by atoms with van der Waals surface area (Å²) in [6.45, 7) is -6.15. The molecule has 4 nitrogen and oxygen atoms in total. The van der Waals surface area contributed by atoms with Crippen molar-refractivity contribution in [3.8, 4) is 78.6 Å². The van der Waals surface area contributed by atoms with E-state index in [9.17, 15) is 5.11 Å². The van der Waals surface area contributed by atoms with Crippen LogP contribution in [-0.2, 0) is 10.8 Å². The van der Waals surface area contributed by atoms with Gasteiger partial charge in [-0.1, -0.05) is 156 Å². The fourth-order valence-corrected chi connectivity index (χ4v) is 7.94. The third kappa shape index (κ3) is 7.78. The molecule has 300 valence electrons. The first-order valence-electron chi connectivity index (χ1n) is 26.1. The lowest BCUT2D eigenvalue weighted by Crippen LogP contribution is -2.10. The van der Waals surface area contributed by atoms with Crippen LogP contribution in [0.15, 0.2) is 176 Å². The molecule has 0 fully saturated rings. The third-order valence-electron chi connectivity index (χ3n) is 11.2. The van der Waals surface area contributed by atoms with Crippen LogP contribution in [0.2, 0.25) is 0 Å². The fourth-order valence-electron chi connectivity index (χ4n) is 7.94. The van der Waals surface area contributed by atoms with Crippen molar-refractivity contribution in [2.45, 2.75) is 59.0 Å². The van der Waals surface area contributed by atoms with E-state index in [0.29, 0.717) is 50.5 Å². The molecule has 0 bridgehead atoms. The Hall–Kier alpha value is -7.04. The number of aromatic nitrogens is 3. The van der Waals surface area contributed by atoms with Crippen LogP contribution < -0.4 is 0 Å². The molecule has 0 radical (unpaired) electrons. The highest BCUT2D eigenvalue weighted by Gasteiger charge is 2.23. The Morgan fingerprint density at radius 1 is 0.508 bits per heavy atom. The van der Waals surface area contributed by atoms with E-state index >= 15 is 0 Å². The van der Waals surface area contributed by atoms with Gasteiger partial charge in [0, 0.05) is 39.3 Å². The summed E-state index contributed by atoms with van der Waals surface area (Å²) in [7, 11) is 0. The molecule has 9 aromatic rings. The average Bonchev–Trinajstić information content (AvgIpc) is 3.72. The SMILES string of the molecule is [2H]C([2H])([2H])c1ccc(-n2c(-c3ccccc3O)nc3c(-c4cc(-c5ccccc5)cc(-c5cc(-c6ccc(C(C([2H])([2H])[2H])(C([2H])([2H])[2H])C([2H])([2H])[2H])cc6)ccn5)c4)cccc32)c(-c2ccc(C(C)(C)C)cc2)c1. The summed E-state index contributed by atoms with van der Waals surface area (Å²) in [5.41, 5.74) is 7.50. The van der Waals surface area contributed by atoms with Gasteiger partial charge >= 0.3 is 0 Å². The Labute approximate surface area is 376 Å². The van der Waals surface area contributed by atoms with E-state index in [2.05, 4.69) is 39.0 Å². The molecule has 0 aliphatic carbocycles. The molecule has 2 aromatic heterocycles. The molecule has 2 heterocycles. The van der Waals surface area contributed by atoms with E-state index in [4.69, 9.17) is 26.4 Å². The molecule has 0 amide bonds. The lowest BCUT2D eigenvalue weighted by atomic mass is 9.86. The van der Waals surface area contributed by atoms with Gasteiger partial charge in [-0.05, 0) is 123 Å². The van der Waals surface area contributed by atoms with E-state index in [1.165, 1.54) is 24.3 Å². The number of imidazole rings is 1. The van der Waals surface area contributed by atoms with Gasteiger partial charge in [-0.15, -0.1) is 0 Å². The van der Waals surface area contributed by atoms with Crippen LogP contribution in [0.4, 0.5) is 0 Å². The van der Waals surface area contributed by atoms with Crippen molar-refractivity contribution in [1.82, 2.24) is 14.5 Å². The number of phenolic OH excluding ortho intramolecular Hbond substituents is 1. The third-order valence-corrected chi connectivity index (χ3v) is 11.2. The number of rotatable bonds is 7. The molecule has 1 N–H and O–H groups in total. The average molecular weight is 806 g/mol. The molecule has 7 aromatic carbocycles. The first-order chi connectivity index (χ1) is 34.3. The molecule has 9 rings (SSSR count). The summed E-state index contributed by atoms with van der Waals surface area (Å²) in [5, 5.41) is 11.5. The number of pyridine rings is 1. The van der Waals surface area contributed by atoms with E-state index in [1.807, 2.05) is 89.5 Å². The van der Waals surface area contributed by atoms with Crippen molar-refractivity contribution >= 4 is 11.0 Å². The van der Waals surface area contributed by atoms with Crippen LogP contribution in [0, 0.1) is 6.85 Å². The van der Waals surface area contributed by atoms with Gasteiger partial charge in [0.05, 0.1) is 28.0 Å². The summed E-state index contributed by atoms with van der Waals surface area (Å²) in [5.74, 6) is 0.444. The number of benzene rings is 7. The second-order valence-electron chi connectivity index (χ2n) is 16.4. The number of hydrogen-bond donors (Lipinski definition) is 1. The lowest BCUT2D eigenvalue weighted by Gasteiger charge is -2.20. The maximum atomic E-state index is 11.5. The molecule has 0 saturated heterocycles. The van der Waals surface area contributed by atoms with Crippen molar-refractivity contribution in [1.29, 1.82) is 0 Å². The number of fused-ring (bicyclic) bond motifs is 1. The van der Waals surface area contributed by atoms with Gasteiger partial charge in [0.25, 0.3) is 0 Å². The molecule has 0 atom stereocenters. The monoisotopic (exact) mass is 805 g/mol. The lowest BCUT2D eigenvalue weighted by molar-refractivity contribution is 0.477. The first kappa shape index (κ1) is 27.7. The summed E-state index contributed by atoms with van der Waals surface area (Å²) in [6.07, 6.45) is 1.64.